The second-order valence-electron chi connectivity index (χ2n) is 3.38. The van der Waals surface area contributed by atoms with E-state index in [9.17, 15) is 4.79 Å². The number of rotatable bonds is 4. The summed E-state index contributed by atoms with van der Waals surface area (Å²) < 4.78 is 2.09. The quantitative estimate of drug-likeness (QED) is 0.867. The molecule has 0 aliphatic rings. The molecule has 0 spiro atoms. The van der Waals surface area contributed by atoms with Crippen LogP contribution in [0.1, 0.15) is 10.8 Å². The van der Waals surface area contributed by atoms with Gasteiger partial charge in [-0.2, -0.15) is 0 Å². The lowest BCUT2D eigenvalue weighted by Gasteiger charge is -2.12. The van der Waals surface area contributed by atoms with Crippen LogP contribution in [-0.2, 0) is 4.79 Å². The van der Waals surface area contributed by atoms with Gasteiger partial charge in [0.05, 0.1) is 4.21 Å². The molecule has 1 amide bonds. The Morgan fingerprint density at radius 3 is 2.53 bits per heavy atom. The molecule has 2 N–H and O–H groups in total. The van der Waals surface area contributed by atoms with Gasteiger partial charge in [-0.15, -0.1) is 11.3 Å². The standard InChI is InChI=1S/C12H10BrNOS2/c13-9-5-3-8(4-6-9)11(12(14)15)17-10-2-1-7-16-10/h1-7,11H,(H2,14,15)/t11-/m0/s1. The molecule has 0 saturated carbocycles. The average Bonchev–Trinajstić information content (AvgIpc) is 2.80. The van der Waals surface area contributed by atoms with Crippen molar-refractivity contribution in [3.8, 4) is 0 Å². The number of hydrogen-bond acceptors (Lipinski definition) is 3. The van der Waals surface area contributed by atoms with Gasteiger partial charge in [-0.3, -0.25) is 4.79 Å². The molecule has 17 heavy (non-hydrogen) atoms. The molecule has 0 radical (unpaired) electrons. The van der Waals surface area contributed by atoms with Crippen molar-refractivity contribution in [1.29, 1.82) is 0 Å². The Labute approximate surface area is 116 Å². The van der Waals surface area contributed by atoms with E-state index < -0.39 is 0 Å². The number of thiophene rings is 1. The van der Waals surface area contributed by atoms with E-state index in [2.05, 4.69) is 15.9 Å². The highest BCUT2D eigenvalue weighted by Gasteiger charge is 2.19. The summed E-state index contributed by atoms with van der Waals surface area (Å²) in [4.78, 5) is 11.5. The normalized spacial score (nSPS) is 12.3. The Hall–Kier alpha value is -0.780. The molecule has 0 bridgehead atoms. The maximum absolute atomic E-state index is 11.5. The van der Waals surface area contributed by atoms with E-state index in [4.69, 9.17) is 5.73 Å². The summed E-state index contributed by atoms with van der Waals surface area (Å²) in [6, 6.07) is 11.6. The number of thioether (sulfide) groups is 1. The zero-order valence-electron chi connectivity index (χ0n) is 8.80. The summed E-state index contributed by atoms with van der Waals surface area (Å²) >= 11 is 6.47. The van der Waals surface area contributed by atoms with Crippen LogP contribution >= 0.6 is 39.0 Å². The summed E-state index contributed by atoms with van der Waals surface area (Å²) in [7, 11) is 0. The van der Waals surface area contributed by atoms with Crippen molar-refractivity contribution in [3.63, 3.8) is 0 Å². The number of carbonyl (C=O) groups excluding carboxylic acids is 1. The molecule has 2 rings (SSSR count). The van der Waals surface area contributed by atoms with Crippen molar-refractivity contribution in [2.24, 2.45) is 5.73 Å². The SMILES string of the molecule is NC(=O)[C@@H](Sc1cccs1)c1ccc(Br)cc1. The lowest BCUT2D eigenvalue weighted by Crippen LogP contribution is -2.18. The second-order valence-corrected chi connectivity index (χ2v) is 6.65. The topological polar surface area (TPSA) is 43.1 Å². The monoisotopic (exact) mass is 327 g/mol. The van der Waals surface area contributed by atoms with Gasteiger partial charge in [0.2, 0.25) is 5.91 Å². The molecule has 0 saturated heterocycles. The van der Waals surface area contributed by atoms with E-state index in [1.54, 1.807) is 11.3 Å². The van der Waals surface area contributed by atoms with Crippen molar-refractivity contribution in [2.45, 2.75) is 9.46 Å². The van der Waals surface area contributed by atoms with Crippen LogP contribution in [0.25, 0.3) is 0 Å². The van der Waals surface area contributed by atoms with E-state index in [1.807, 2.05) is 41.8 Å². The smallest absolute Gasteiger partial charge is 0.235 e. The van der Waals surface area contributed by atoms with E-state index >= 15 is 0 Å². The minimum atomic E-state index is -0.332. The molecule has 88 valence electrons. The molecular formula is C12H10BrNOS2. The van der Waals surface area contributed by atoms with Crippen molar-refractivity contribution in [3.05, 3.63) is 51.8 Å². The van der Waals surface area contributed by atoms with E-state index in [0.29, 0.717) is 0 Å². The minimum absolute atomic E-state index is 0.314. The Bertz CT molecular complexity index is 496. The number of benzene rings is 1. The Morgan fingerprint density at radius 1 is 1.29 bits per heavy atom. The van der Waals surface area contributed by atoms with Crippen LogP contribution in [-0.4, -0.2) is 5.91 Å². The van der Waals surface area contributed by atoms with E-state index in [0.717, 1.165) is 14.2 Å². The largest absolute Gasteiger partial charge is 0.368 e. The zero-order chi connectivity index (χ0) is 12.3. The molecule has 1 atom stereocenters. The number of hydrogen-bond donors (Lipinski definition) is 1. The van der Waals surface area contributed by atoms with Crippen molar-refractivity contribution < 1.29 is 4.79 Å². The Balaban J connectivity index is 2.23. The van der Waals surface area contributed by atoms with Crippen LogP contribution in [0.3, 0.4) is 0 Å². The third kappa shape index (κ3) is 3.34. The van der Waals surface area contributed by atoms with Crippen molar-refractivity contribution >= 4 is 44.9 Å². The first kappa shape index (κ1) is 12.7. The number of primary amides is 1. The number of carbonyl (C=O) groups is 1. The lowest BCUT2D eigenvalue weighted by molar-refractivity contribution is -0.117. The molecule has 1 aromatic heterocycles. The number of nitrogens with two attached hydrogens (primary N) is 1. The van der Waals surface area contributed by atoms with Gasteiger partial charge in [0.1, 0.15) is 5.25 Å². The van der Waals surface area contributed by atoms with Crippen LogP contribution in [0.15, 0.2) is 50.5 Å². The van der Waals surface area contributed by atoms with Crippen LogP contribution in [0.4, 0.5) is 0 Å². The van der Waals surface area contributed by atoms with Crippen molar-refractivity contribution in [1.82, 2.24) is 0 Å². The van der Waals surface area contributed by atoms with Gasteiger partial charge >= 0.3 is 0 Å². The highest BCUT2D eigenvalue weighted by atomic mass is 79.9. The van der Waals surface area contributed by atoms with Crippen LogP contribution in [0.5, 0.6) is 0 Å². The third-order valence-electron chi connectivity index (χ3n) is 2.16. The molecule has 0 unspecified atom stereocenters. The van der Waals surface area contributed by atoms with Gasteiger partial charge in [0.25, 0.3) is 0 Å². The van der Waals surface area contributed by atoms with Gasteiger partial charge in [-0.25, -0.2) is 0 Å². The molecule has 1 heterocycles. The fourth-order valence-electron chi connectivity index (χ4n) is 1.37. The molecule has 2 nitrogen and oxygen atoms in total. The van der Waals surface area contributed by atoms with Crippen LogP contribution in [0.2, 0.25) is 0 Å². The molecule has 2 aromatic rings. The number of halogens is 1. The maximum atomic E-state index is 11.5. The fraction of sp³-hybridized carbons (Fsp3) is 0.0833. The summed E-state index contributed by atoms with van der Waals surface area (Å²) in [6.07, 6.45) is 0. The first-order valence-electron chi connectivity index (χ1n) is 4.92. The first-order valence-corrected chi connectivity index (χ1v) is 7.47. The molecule has 5 heteroatoms. The fourth-order valence-corrected chi connectivity index (χ4v) is 3.56. The average molecular weight is 328 g/mol. The Morgan fingerprint density at radius 2 is 2.00 bits per heavy atom. The van der Waals surface area contributed by atoms with E-state index in [-0.39, 0.29) is 11.2 Å². The zero-order valence-corrected chi connectivity index (χ0v) is 12.0. The maximum Gasteiger partial charge on any atom is 0.235 e. The predicted molar refractivity (Wildman–Crippen MR) is 76.3 cm³/mol. The molecule has 0 aliphatic carbocycles. The second kappa shape index (κ2) is 5.71. The van der Waals surface area contributed by atoms with Gasteiger partial charge in [-0.1, -0.05) is 45.9 Å². The van der Waals surface area contributed by atoms with Crippen LogP contribution in [0, 0.1) is 0 Å². The van der Waals surface area contributed by atoms with Crippen LogP contribution < -0.4 is 5.73 Å². The minimum Gasteiger partial charge on any atom is -0.368 e. The van der Waals surface area contributed by atoms with Gasteiger partial charge in [-0.05, 0) is 29.1 Å². The highest BCUT2D eigenvalue weighted by Crippen LogP contribution is 2.37. The molecular weight excluding hydrogens is 318 g/mol. The number of amides is 1. The van der Waals surface area contributed by atoms with Gasteiger partial charge in [0.15, 0.2) is 0 Å². The summed E-state index contributed by atoms with van der Waals surface area (Å²) in [5, 5.41) is 1.66. The van der Waals surface area contributed by atoms with E-state index in [1.165, 1.54) is 11.8 Å². The lowest BCUT2D eigenvalue weighted by atomic mass is 10.1. The summed E-state index contributed by atoms with van der Waals surface area (Å²) in [5.41, 5.74) is 6.39. The molecule has 0 aliphatic heterocycles. The van der Waals surface area contributed by atoms with Gasteiger partial charge < -0.3 is 5.73 Å². The highest BCUT2D eigenvalue weighted by molar-refractivity contribution is 9.10. The third-order valence-corrected chi connectivity index (χ3v) is 5.04. The predicted octanol–water partition coefficient (Wildman–Crippen LogP) is 3.83. The summed E-state index contributed by atoms with van der Waals surface area (Å²) in [5.74, 6) is -0.314. The van der Waals surface area contributed by atoms with Gasteiger partial charge in [0, 0.05) is 4.47 Å². The Kier molecular flexibility index (Phi) is 4.25. The first-order chi connectivity index (χ1) is 8.16. The summed E-state index contributed by atoms with van der Waals surface area (Å²) in [6.45, 7) is 0. The van der Waals surface area contributed by atoms with Crippen molar-refractivity contribution in [2.75, 3.05) is 0 Å². The molecule has 1 aromatic carbocycles. The molecule has 0 fully saturated rings.